The first-order chi connectivity index (χ1) is 14.5. The first kappa shape index (κ1) is 21.4. The van der Waals surface area contributed by atoms with E-state index in [2.05, 4.69) is 0 Å². The van der Waals surface area contributed by atoms with Crippen LogP contribution in [0.4, 0.5) is 0 Å². The zero-order chi connectivity index (χ0) is 21.7. The van der Waals surface area contributed by atoms with Gasteiger partial charge in [0.25, 0.3) is 11.7 Å². The van der Waals surface area contributed by atoms with Crippen molar-refractivity contribution in [2.75, 3.05) is 34.0 Å². The van der Waals surface area contributed by atoms with Crippen LogP contribution >= 0.6 is 0 Å². The van der Waals surface area contributed by atoms with Gasteiger partial charge in [0.2, 0.25) is 0 Å². The third kappa shape index (κ3) is 4.02. The maximum absolute atomic E-state index is 12.9. The van der Waals surface area contributed by atoms with Crippen molar-refractivity contribution in [2.24, 2.45) is 0 Å². The number of nitrogens with zero attached hydrogens (tertiary/aromatic N) is 1. The number of ether oxygens (including phenoxy) is 3. The quantitative estimate of drug-likeness (QED) is 0.408. The summed E-state index contributed by atoms with van der Waals surface area (Å²) in [6.07, 6.45) is 0. The topological polar surface area (TPSA) is 85.3 Å². The summed E-state index contributed by atoms with van der Waals surface area (Å²) in [5, 5.41) is 10.9. The van der Waals surface area contributed by atoms with Crippen molar-refractivity contribution in [3.8, 4) is 11.5 Å². The van der Waals surface area contributed by atoms with Gasteiger partial charge in [0.05, 0.1) is 31.9 Å². The Kier molecular flexibility index (Phi) is 6.74. The highest BCUT2D eigenvalue weighted by molar-refractivity contribution is 6.46. The zero-order valence-corrected chi connectivity index (χ0v) is 17.3. The molecule has 1 aliphatic heterocycles. The van der Waals surface area contributed by atoms with E-state index in [-0.39, 0.29) is 24.5 Å². The van der Waals surface area contributed by atoms with Crippen LogP contribution in [0.2, 0.25) is 0 Å². The Morgan fingerprint density at radius 2 is 1.80 bits per heavy atom. The molecule has 1 aliphatic rings. The van der Waals surface area contributed by atoms with Crippen molar-refractivity contribution in [1.82, 2.24) is 4.90 Å². The highest BCUT2D eigenvalue weighted by atomic mass is 16.5. The number of aliphatic hydroxyl groups is 1. The van der Waals surface area contributed by atoms with E-state index < -0.39 is 17.7 Å². The van der Waals surface area contributed by atoms with E-state index in [0.717, 1.165) is 0 Å². The first-order valence-corrected chi connectivity index (χ1v) is 9.67. The fourth-order valence-corrected chi connectivity index (χ4v) is 3.53. The molecule has 2 aromatic rings. The smallest absolute Gasteiger partial charge is 0.295 e. The van der Waals surface area contributed by atoms with Crippen LogP contribution in [-0.2, 0) is 14.3 Å². The second kappa shape index (κ2) is 9.45. The van der Waals surface area contributed by atoms with Crippen molar-refractivity contribution in [3.05, 3.63) is 65.2 Å². The Bertz CT molecular complexity index is 953. The molecule has 0 unspecified atom stereocenters. The lowest BCUT2D eigenvalue weighted by Crippen LogP contribution is -2.32. The molecule has 1 atom stereocenters. The van der Waals surface area contributed by atoms with Gasteiger partial charge in [-0.15, -0.1) is 0 Å². The number of methoxy groups -OCH3 is 2. The van der Waals surface area contributed by atoms with Gasteiger partial charge in [-0.2, -0.15) is 0 Å². The Labute approximate surface area is 175 Å². The van der Waals surface area contributed by atoms with Gasteiger partial charge in [0.1, 0.15) is 5.76 Å². The van der Waals surface area contributed by atoms with E-state index in [4.69, 9.17) is 14.2 Å². The number of benzene rings is 2. The van der Waals surface area contributed by atoms with Crippen molar-refractivity contribution in [3.63, 3.8) is 0 Å². The third-order valence-electron chi connectivity index (χ3n) is 4.93. The molecule has 7 nitrogen and oxygen atoms in total. The number of hydrogen-bond donors (Lipinski definition) is 1. The molecular weight excluding hydrogens is 386 g/mol. The van der Waals surface area contributed by atoms with Crippen LogP contribution in [0.25, 0.3) is 5.76 Å². The molecule has 158 valence electrons. The standard InChI is InChI=1S/C23H25NO6/c1-4-30-17-11-10-16(14-18(17)29-3)20-19(21(25)15-8-6-5-7-9-15)22(26)23(27)24(20)12-13-28-2/h5-11,14,20,25H,4,12-13H2,1-3H3/t20-/m1/s1. The summed E-state index contributed by atoms with van der Waals surface area (Å²) in [7, 11) is 3.04. The molecule has 0 saturated carbocycles. The SMILES string of the molecule is CCOc1ccc([C@@H]2C(=C(O)c3ccccc3)C(=O)C(=O)N2CCOC)cc1OC. The predicted molar refractivity (Wildman–Crippen MR) is 111 cm³/mol. The van der Waals surface area contributed by atoms with Crippen LogP contribution in [0.1, 0.15) is 24.1 Å². The lowest BCUT2D eigenvalue weighted by atomic mass is 9.95. The summed E-state index contributed by atoms with van der Waals surface area (Å²) in [5.74, 6) is -0.591. The average molecular weight is 411 g/mol. The molecule has 0 aromatic heterocycles. The number of amides is 1. The van der Waals surface area contributed by atoms with E-state index >= 15 is 0 Å². The Balaban J connectivity index is 2.16. The number of carbonyl (C=O) groups is 2. The number of likely N-dealkylation sites (tertiary alicyclic amines) is 1. The lowest BCUT2D eigenvalue weighted by molar-refractivity contribution is -0.140. The van der Waals surface area contributed by atoms with E-state index in [1.54, 1.807) is 42.5 Å². The zero-order valence-electron chi connectivity index (χ0n) is 17.3. The largest absolute Gasteiger partial charge is 0.507 e. The molecule has 0 spiro atoms. The van der Waals surface area contributed by atoms with Crippen molar-refractivity contribution in [2.45, 2.75) is 13.0 Å². The lowest BCUT2D eigenvalue weighted by Gasteiger charge is -2.25. The van der Waals surface area contributed by atoms with Gasteiger partial charge in [-0.25, -0.2) is 0 Å². The average Bonchev–Trinajstić information content (AvgIpc) is 3.03. The van der Waals surface area contributed by atoms with E-state index in [1.165, 1.54) is 19.1 Å². The maximum Gasteiger partial charge on any atom is 0.295 e. The van der Waals surface area contributed by atoms with Gasteiger partial charge in [-0.3, -0.25) is 9.59 Å². The van der Waals surface area contributed by atoms with Gasteiger partial charge in [0.15, 0.2) is 11.5 Å². The molecule has 7 heteroatoms. The minimum absolute atomic E-state index is 0.0357. The number of aliphatic hydroxyl groups excluding tert-OH is 1. The van der Waals surface area contributed by atoms with Gasteiger partial charge in [-0.05, 0) is 24.6 Å². The summed E-state index contributed by atoms with van der Waals surface area (Å²) in [5.41, 5.74) is 1.13. The summed E-state index contributed by atoms with van der Waals surface area (Å²) in [6.45, 7) is 2.79. The second-order valence-corrected chi connectivity index (χ2v) is 6.69. The van der Waals surface area contributed by atoms with Crippen LogP contribution in [0, 0.1) is 0 Å². The summed E-state index contributed by atoms with van der Waals surface area (Å²) >= 11 is 0. The summed E-state index contributed by atoms with van der Waals surface area (Å²) < 4.78 is 16.1. The van der Waals surface area contributed by atoms with Gasteiger partial charge in [0, 0.05) is 19.2 Å². The predicted octanol–water partition coefficient (Wildman–Crippen LogP) is 3.16. The van der Waals surface area contributed by atoms with Gasteiger partial charge in [-0.1, -0.05) is 36.4 Å². The molecule has 1 amide bonds. The molecule has 1 saturated heterocycles. The number of rotatable bonds is 8. The van der Waals surface area contributed by atoms with Crippen molar-refractivity contribution < 1.29 is 28.9 Å². The molecular formula is C23H25NO6. The number of hydrogen-bond acceptors (Lipinski definition) is 6. The third-order valence-corrected chi connectivity index (χ3v) is 4.93. The van der Waals surface area contributed by atoms with Crippen LogP contribution in [0.15, 0.2) is 54.1 Å². The van der Waals surface area contributed by atoms with Crippen LogP contribution in [-0.4, -0.2) is 55.7 Å². The van der Waals surface area contributed by atoms with Crippen molar-refractivity contribution >= 4 is 17.4 Å². The number of carbonyl (C=O) groups excluding carboxylic acids is 2. The molecule has 3 rings (SSSR count). The normalized spacial score (nSPS) is 18.0. The Morgan fingerprint density at radius 1 is 1.07 bits per heavy atom. The summed E-state index contributed by atoms with van der Waals surface area (Å²) in [4.78, 5) is 27.1. The van der Waals surface area contributed by atoms with E-state index in [9.17, 15) is 14.7 Å². The molecule has 0 bridgehead atoms. The fourth-order valence-electron chi connectivity index (χ4n) is 3.53. The van der Waals surface area contributed by atoms with E-state index in [0.29, 0.717) is 29.2 Å². The van der Waals surface area contributed by atoms with E-state index in [1.807, 2.05) is 13.0 Å². The molecule has 1 fully saturated rings. The Morgan fingerprint density at radius 3 is 2.43 bits per heavy atom. The molecule has 1 heterocycles. The molecule has 0 radical (unpaired) electrons. The van der Waals surface area contributed by atoms with Crippen LogP contribution in [0.3, 0.4) is 0 Å². The monoisotopic (exact) mass is 411 g/mol. The molecule has 0 aliphatic carbocycles. The molecule has 1 N–H and O–H groups in total. The van der Waals surface area contributed by atoms with Crippen molar-refractivity contribution in [1.29, 1.82) is 0 Å². The Hall–Kier alpha value is -3.32. The highest BCUT2D eigenvalue weighted by Crippen LogP contribution is 2.41. The fraction of sp³-hybridized carbons (Fsp3) is 0.304. The van der Waals surface area contributed by atoms with Gasteiger partial charge >= 0.3 is 0 Å². The minimum Gasteiger partial charge on any atom is -0.507 e. The summed E-state index contributed by atoms with van der Waals surface area (Å²) in [6, 6.07) is 13.1. The molecule has 30 heavy (non-hydrogen) atoms. The van der Waals surface area contributed by atoms with Gasteiger partial charge < -0.3 is 24.2 Å². The van der Waals surface area contributed by atoms with Crippen LogP contribution in [0.5, 0.6) is 11.5 Å². The number of ketones is 1. The van der Waals surface area contributed by atoms with Crippen LogP contribution < -0.4 is 9.47 Å². The minimum atomic E-state index is -0.773. The second-order valence-electron chi connectivity index (χ2n) is 6.69. The molecule has 2 aromatic carbocycles. The number of Topliss-reactive ketones (excluding diaryl/α,β-unsaturated/α-hetero) is 1. The first-order valence-electron chi connectivity index (χ1n) is 9.67. The maximum atomic E-state index is 12.9. The highest BCUT2D eigenvalue weighted by Gasteiger charge is 2.46.